The molecule has 55 heavy (non-hydrogen) atoms. The van der Waals surface area contributed by atoms with Gasteiger partial charge in [0, 0.05) is 29.9 Å². The zero-order chi connectivity index (χ0) is 41.4. The summed E-state index contributed by atoms with van der Waals surface area (Å²) in [6.07, 6.45) is -1.46. The van der Waals surface area contributed by atoms with Gasteiger partial charge in [0.25, 0.3) is 0 Å². The topological polar surface area (TPSA) is 366 Å². The lowest BCUT2D eigenvalue weighted by Gasteiger charge is -2.24. The Kier molecular flexibility index (Phi) is 17.2. The number of carbonyl (C=O) groups excluding carboxylic acids is 6. The summed E-state index contributed by atoms with van der Waals surface area (Å²) >= 11 is 0. The van der Waals surface area contributed by atoms with Gasteiger partial charge in [-0.1, -0.05) is 18.2 Å². The van der Waals surface area contributed by atoms with E-state index in [1.54, 1.807) is 12.3 Å². The highest BCUT2D eigenvalue weighted by atomic mass is 16.4. The second-order valence-electron chi connectivity index (χ2n) is 12.4. The van der Waals surface area contributed by atoms with Crippen LogP contribution in [0.1, 0.15) is 51.5 Å². The van der Waals surface area contributed by atoms with E-state index >= 15 is 0 Å². The van der Waals surface area contributed by atoms with Crippen LogP contribution >= 0.6 is 0 Å². The van der Waals surface area contributed by atoms with Gasteiger partial charge in [-0.15, -0.1) is 0 Å². The van der Waals surface area contributed by atoms with Gasteiger partial charge in [0.15, 0.2) is 0 Å². The van der Waals surface area contributed by atoms with Crippen molar-refractivity contribution >= 4 is 70.2 Å². The van der Waals surface area contributed by atoms with E-state index in [4.69, 9.17) is 21.1 Å². The maximum atomic E-state index is 13.1. The predicted octanol–water partition coefficient (Wildman–Crippen LogP) is -3.09. The van der Waals surface area contributed by atoms with Gasteiger partial charge in [-0.25, -0.2) is 0 Å². The number of carboxylic acids is 4. The first-order valence-corrected chi connectivity index (χ1v) is 16.8. The van der Waals surface area contributed by atoms with E-state index in [1.165, 1.54) is 6.92 Å². The Morgan fingerprint density at radius 3 is 1.76 bits per heavy atom. The molecule has 0 aliphatic heterocycles. The first-order chi connectivity index (χ1) is 25.8. The number of aromatic amines is 1. The van der Waals surface area contributed by atoms with Gasteiger partial charge in [-0.3, -0.25) is 47.9 Å². The third-order valence-corrected chi connectivity index (χ3v) is 7.95. The van der Waals surface area contributed by atoms with E-state index in [-0.39, 0.29) is 6.42 Å². The zero-order valence-corrected chi connectivity index (χ0v) is 29.7. The van der Waals surface area contributed by atoms with Crippen LogP contribution in [0, 0.1) is 0 Å². The summed E-state index contributed by atoms with van der Waals surface area (Å²) in [4.78, 5) is 125. The molecule has 0 radical (unpaired) electrons. The van der Waals surface area contributed by atoms with E-state index in [0.29, 0.717) is 5.56 Å². The van der Waals surface area contributed by atoms with E-state index in [9.17, 15) is 53.1 Å². The number of hydrogen-bond acceptors (Lipinski definition) is 11. The maximum absolute atomic E-state index is 13.1. The number of nitrogens with two attached hydrogens (primary N) is 1. The van der Waals surface area contributed by atoms with Crippen LogP contribution in [0.2, 0.25) is 0 Å². The summed E-state index contributed by atoms with van der Waals surface area (Å²) < 4.78 is 0. The van der Waals surface area contributed by atoms with Crippen molar-refractivity contribution in [3.8, 4) is 0 Å². The number of amides is 6. The van der Waals surface area contributed by atoms with Crippen LogP contribution in [0.25, 0.3) is 10.9 Å². The molecule has 0 aliphatic carbocycles. The molecule has 300 valence electrons. The van der Waals surface area contributed by atoms with Crippen molar-refractivity contribution in [1.82, 2.24) is 36.9 Å². The molecule has 2 rings (SSSR count). The van der Waals surface area contributed by atoms with Crippen molar-refractivity contribution in [3.05, 3.63) is 36.0 Å². The molecular formula is C33H44N8O14. The lowest BCUT2D eigenvalue weighted by molar-refractivity contribution is -0.142. The van der Waals surface area contributed by atoms with Crippen LogP contribution in [-0.2, 0) is 54.4 Å². The largest absolute Gasteiger partial charge is 0.481 e. The molecule has 0 saturated carbocycles. The number of nitrogens with one attached hydrogen (secondary N) is 7. The molecule has 0 saturated heterocycles. The highest BCUT2D eigenvalue weighted by Gasteiger charge is 2.31. The number of para-hydroxylation sites is 1. The molecule has 1 heterocycles. The zero-order valence-electron chi connectivity index (χ0n) is 29.7. The molecule has 22 nitrogen and oxygen atoms in total. The molecule has 0 spiro atoms. The molecule has 6 atom stereocenters. The molecule has 22 heteroatoms. The van der Waals surface area contributed by atoms with Crippen molar-refractivity contribution in [3.63, 3.8) is 0 Å². The van der Waals surface area contributed by atoms with Crippen LogP contribution in [0.5, 0.6) is 0 Å². The van der Waals surface area contributed by atoms with Crippen LogP contribution < -0.4 is 37.6 Å². The number of benzene rings is 1. The Morgan fingerprint density at radius 1 is 0.655 bits per heavy atom. The van der Waals surface area contributed by atoms with Crippen LogP contribution in [0.3, 0.4) is 0 Å². The fourth-order valence-electron chi connectivity index (χ4n) is 4.96. The Balaban J connectivity index is 2.02. The molecule has 0 bridgehead atoms. The van der Waals surface area contributed by atoms with Gasteiger partial charge < -0.3 is 63.0 Å². The molecule has 2 aromatic rings. The summed E-state index contributed by atoms with van der Waals surface area (Å²) in [6.45, 7) is 1.48. The lowest BCUT2D eigenvalue weighted by atomic mass is 10.0. The number of carboxylic acid groups (broad SMARTS) is 4. The normalized spacial score (nSPS) is 14.1. The summed E-state index contributed by atoms with van der Waals surface area (Å²) in [5, 5.41) is 50.5. The number of carbonyl (C=O) groups is 10. The standard InChI is InChI=1S/C33H44N8O14/c1-15(28(49)39-22(8-10-26(45)46)32(53)40-21(7-9-25(43)44)31(52)38-16(2)33(54)55)37-24(42)14-36-30(51)23(12-27(47)48)41-29(50)19(34)11-17-13-35-20-6-4-3-5-18(17)20/h3-6,13,15-16,19,21-23,35H,7-12,14,34H2,1-2H3,(H,36,51)(H,37,42)(H,38,52)(H,39,49)(H,40,53)(H,41,50)(H,43,44)(H,45,46)(H,47,48)(H,54,55)/t15-,16-,19-,21-,22-,23-/m0/s1. The van der Waals surface area contributed by atoms with Crippen molar-refractivity contribution < 1.29 is 68.4 Å². The monoisotopic (exact) mass is 776 g/mol. The SMILES string of the molecule is C[C@H](NC(=O)[C@H](CCC(=O)O)NC(=O)[C@H](CCC(=O)O)NC(=O)[C@H](C)NC(=O)CNC(=O)[C@H](CC(=O)O)NC(=O)[C@@H](N)Cc1c[nH]c2ccccc12)C(=O)O. The number of aromatic nitrogens is 1. The number of aliphatic carboxylic acids is 4. The predicted molar refractivity (Wildman–Crippen MR) is 188 cm³/mol. The fraction of sp³-hybridized carbons (Fsp3) is 0.455. The van der Waals surface area contributed by atoms with E-state index in [2.05, 4.69) is 36.9 Å². The van der Waals surface area contributed by atoms with Gasteiger partial charge in [0.1, 0.15) is 30.2 Å². The highest BCUT2D eigenvalue weighted by molar-refractivity contribution is 5.97. The highest BCUT2D eigenvalue weighted by Crippen LogP contribution is 2.19. The second-order valence-corrected chi connectivity index (χ2v) is 12.4. The average molecular weight is 777 g/mol. The quantitative estimate of drug-likeness (QED) is 0.0532. The van der Waals surface area contributed by atoms with E-state index in [0.717, 1.165) is 17.8 Å². The molecule has 0 fully saturated rings. The van der Waals surface area contributed by atoms with Crippen molar-refractivity contribution in [2.75, 3.05) is 6.54 Å². The van der Waals surface area contributed by atoms with E-state index < -0.39 is 134 Å². The molecule has 1 aromatic heterocycles. The molecule has 1 aromatic carbocycles. The first kappa shape index (κ1) is 44.6. The smallest absolute Gasteiger partial charge is 0.325 e. The lowest BCUT2D eigenvalue weighted by Crippen LogP contribution is -2.57. The Labute approximate surface area is 312 Å². The van der Waals surface area contributed by atoms with Gasteiger partial charge in [-0.2, -0.15) is 0 Å². The van der Waals surface area contributed by atoms with Crippen molar-refractivity contribution in [2.24, 2.45) is 5.73 Å². The van der Waals surface area contributed by atoms with Crippen LogP contribution in [0.15, 0.2) is 30.5 Å². The molecule has 13 N–H and O–H groups in total. The van der Waals surface area contributed by atoms with Gasteiger partial charge in [-0.05, 0) is 44.7 Å². The summed E-state index contributed by atoms with van der Waals surface area (Å²) in [5.41, 5.74) is 7.55. The second kappa shape index (κ2) is 21.2. The summed E-state index contributed by atoms with van der Waals surface area (Å²) in [6, 6.07) is -1.66. The minimum atomic E-state index is -1.64. The van der Waals surface area contributed by atoms with Gasteiger partial charge >= 0.3 is 23.9 Å². The third kappa shape index (κ3) is 15.1. The molecule has 0 aliphatic rings. The van der Waals surface area contributed by atoms with Gasteiger partial charge in [0.05, 0.1) is 19.0 Å². The molecular weight excluding hydrogens is 732 g/mol. The van der Waals surface area contributed by atoms with Crippen LogP contribution in [-0.4, -0.2) is 128 Å². The maximum Gasteiger partial charge on any atom is 0.325 e. The minimum absolute atomic E-state index is 0.0468. The van der Waals surface area contributed by atoms with Gasteiger partial charge in [0.2, 0.25) is 35.4 Å². The number of H-pyrrole nitrogens is 1. The first-order valence-electron chi connectivity index (χ1n) is 16.8. The summed E-state index contributed by atoms with van der Waals surface area (Å²) in [7, 11) is 0. The number of rotatable bonds is 23. The number of fused-ring (bicyclic) bond motifs is 1. The Hall–Kier alpha value is -6.58. The molecule has 0 unspecified atom stereocenters. The average Bonchev–Trinajstić information content (AvgIpc) is 3.51. The van der Waals surface area contributed by atoms with Crippen molar-refractivity contribution in [1.29, 1.82) is 0 Å². The fourth-order valence-corrected chi connectivity index (χ4v) is 4.96. The molecule has 6 amide bonds. The number of hydrogen-bond donors (Lipinski definition) is 12. The van der Waals surface area contributed by atoms with Crippen molar-refractivity contribution in [2.45, 2.75) is 88.6 Å². The third-order valence-electron chi connectivity index (χ3n) is 7.95. The van der Waals surface area contributed by atoms with E-state index in [1.807, 2.05) is 18.2 Å². The Morgan fingerprint density at radius 2 is 1.20 bits per heavy atom. The summed E-state index contributed by atoms with van der Waals surface area (Å²) in [5.74, 6) is -11.7. The Bertz CT molecular complexity index is 1780. The minimum Gasteiger partial charge on any atom is -0.481 e. The van der Waals surface area contributed by atoms with Crippen LogP contribution in [0.4, 0.5) is 0 Å².